The second-order valence-corrected chi connectivity index (χ2v) is 6.53. The van der Waals surface area contributed by atoms with E-state index in [4.69, 9.17) is 5.73 Å². The summed E-state index contributed by atoms with van der Waals surface area (Å²) in [6.45, 7) is 2.56. The van der Waals surface area contributed by atoms with Gasteiger partial charge in [-0.05, 0) is 37.5 Å². The van der Waals surface area contributed by atoms with Gasteiger partial charge in [-0.1, -0.05) is 25.7 Å². The summed E-state index contributed by atoms with van der Waals surface area (Å²) in [5.41, 5.74) is 5.00. The zero-order chi connectivity index (χ0) is 15.1. The minimum atomic E-state index is -0.471. The van der Waals surface area contributed by atoms with Crippen molar-refractivity contribution in [1.82, 2.24) is 10.2 Å². The number of hydrogen-bond acceptors (Lipinski definition) is 2. The fraction of sp³-hybridized carbons (Fsp3) is 0.875. The zero-order valence-corrected chi connectivity index (χ0v) is 13.0. The average molecular weight is 295 g/mol. The Morgan fingerprint density at radius 3 is 2.57 bits per heavy atom. The highest BCUT2D eigenvalue weighted by Gasteiger charge is 2.32. The van der Waals surface area contributed by atoms with E-state index in [0.717, 1.165) is 44.2 Å². The molecule has 1 aliphatic heterocycles. The number of urea groups is 1. The fourth-order valence-corrected chi connectivity index (χ4v) is 3.78. The maximum Gasteiger partial charge on any atom is 0.312 e. The molecule has 0 aromatic carbocycles. The Labute approximate surface area is 127 Å². The largest absolute Gasteiger partial charge is 0.352 e. The SMILES string of the molecule is NC(=O)NCCCCCC(=O)N1CC[C@@H]2CCCC[C@@H]2C1. The number of unbranched alkanes of at least 4 members (excludes halogenated alkanes) is 2. The first-order chi connectivity index (χ1) is 10.2. The highest BCUT2D eigenvalue weighted by atomic mass is 16.2. The lowest BCUT2D eigenvalue weighted by Crippen LogP contribution is -2.44. The van der Waals surface area contributed by atoms with Gasteiger partial charge in [0.1, 0.15) is 0 Å². The van der Waals surface area contributed by atoms with E-state index in [9.17, 15) is 9.59 Å². The van der Waals surface area contributed by atoms with Crippen LogP contribution in [0.25, 0.3) is 0 Å². The van der Waals surface area contributed by atoms with Crippen molar-refractivity contribution in [3.8, 4) is 0 Å². The fourth-order valence-electron chi connectivity index (χ4n) is 3.78. The van der Waals surface area contributed by atoms with Crippen molar-refractivity contribution >= 4 is 11.9 Å². The van der Waals surface area contributed by atoms with Crippen LogP contribution >= 0.6 is 0 Å². The van der Waals surface area contributed by atoms with Gasteiger partial charge in [0.05, 0.1) is 0 Å². The predicted molar refractivity (Wildman–Crippen MR) is 82.7 cm³/mol. The molecule has 2 rings (SSSR count). The van der Waals surface area contributed by atoms with Crippen molar-refractivity contribution in [3.05, 3.63) is 0 Å². The Kier molecular flexibility index (Phi) is 6.33. The number of amides is 3. The molecule has 21 heavy (non-hydrogen) atoms. The molecule has 2 fully saturated rings. The van der Waals surface area contributed by atoms with Crippen molar-refractivity contribution < 1.29 is 9.59 Å². The lowest BCUT2D eigenvalue weighted by Gasteiger charge is -2.41. The average Bonchev–Trinajstić information content (AvgIpc) is 2.49. The number of hydrogen-bond donors (Lipinski definition) is 2. The number of likely N-dealkylation sites (tertiary alicyclic amines) is 1. The first kappa shape index (κ1) is 16.1. The van der Waals surface area contributed by atoms with Crippen LogP contribution in [-0.4, -0.2) is 36.5 Å². The van der Waals surface area contributed by atoms with Crippen LogP contribution in [0.5, 0.6) is 0 Å². The summed E-state index contributed by atoms with van der Waals surface area (Å²) in [6.07, 6.45) is 10.0. The number of nitrogens with two attached hydrogens (primary N) is 1. The molecule has 0 bridgehead atoms. The molecule has 0 aromatic heterocycles. The Hall–Kier alpha value is -1.26. The van der Waals surface area contributed by atoms with Crippen molar-refractivity contribution in [3.63, 3.8) is 0 Å². The third kappa shape index (κ3) is 5.21. The standard InChI is InChI=1S/C16H29N3O2/c17-16(21)18-10-5-1-2-8-15(20)19-11-9-13-6-3-4-7-14(13)12-19/h13-14H,1-12H2,(H3,17,18,21)/t13-,14+/m0/s1. The molecule has 0 unspecified atom stereocenters. The molecule has 1 saturated heterocycles. The van der Waals surface area contributed by atoms with Crippen LogP contribution in [0.2, 0.25) is 0 Å². The van der Waals surface area contributed by atoms with E-state index in [1.807, 2.05) is 0 Å². The third-order valence-electron chi connectivity index (χ3n) is 5.01. The Morgan fingerprint density at radius 2 is 1.81 bits per heavy atom. The predicted octanol–water partition coefficient (Wildman–Crippen LogP) is 2.25. The number of nitrogens with one attached hydrogen (secondary N) is 1. The Balaban J connectivity index is 1.59. The van der Waals surface area contributed by atoms with Gasteiger partial charge >= 0.3 is 6.03 Å². The molecule has 0 spiro atoms. The van der Waals surface area contributed by atoms with Crippen molar-refractivity contribution in [2.24, 2.45) is 17.6 Å². The first-order valence-electron chi connectivity index (χ1n) is 8.48. The molecule has 0 radical (unpaired) electrons. The number of rotatable bonds is 6. The van der Waals surface area contributed by atoms with Gasteiger partial charge in [0.25, 0.3) is 0 Å². The highest BCUT2D eigenvalue weighted by Crippen LogP contribution is 2.36. The molecular weight excluding hydrogens is 266 g/mol. The molecule has 5 nitrogen and oxygen atoms in total. The summed E-state index contributed by atoms with van der Waals surface area (Å²) < 4.78 is 0. The molecule has 2 aliphatic rings. The minimum absolute atomic E-state index is 0.321. The number of primary amides is 1. The van der Waals surface area contributed by atoms with Gasteiger partial charge in [0, 0.05) is 26.1 Å². The van der Waals surface area contributed by atoms with E-state index in [1.165, 1.54) is 32.1 Å². The summed E-state index contributed by atoms with van der Waals surface area (Å²) in [6, 6.07) is -0.471. The van der Waals surface area contributed by atoms with Gasteiger partial charge in [0.2, 0.25) is 5.91 Å². The number of carbonyl (C=O) groups is 2. The van der Waals surface area contributed by atoms with Crippen LogP contribution in [-0.2, 0) is 4.79 Å². The number of piperidine rings is 1. The lowest BCUT2D eigenvalue weighted by atomic mass is 9.75. The van der Waals surface area contributed by atoms with E-state index in [1.54, 1.807) is 0 Å². The molecule has 2 atom stereocenters. The summed E-state index contributed by atoms with van der Waals surface area (Å²) in [5.74, 6) is 1.96. The van der Waals surface area contributed by atoms with Gasteiger partial charge in [-0.3, -0.25) is 4.79 Å². The second-order valence-electron chi connectivity index (χ2n) is 6.53. The Bertz CT molecular complexity index is 359. The summed E-state index contributed by atoms with van der Waals surface area (Å²) in [5, 5.41) is 2.57. The Morgan fingerprint density at radius 1 is 1.05 bits per heavy atom. The van der Waals surface area contributed by atoms with Gasteiger partial charge in [-0.15, -0.1) is 0 Å². The van der Waals surface area contributed by atoms with Crippen molar-refractivity contribution in [1.29, 1.82) is 0 Å². The molecule has 120 valence electrons. The molecular formula is C16H29N3O2. The number of nitrogens with zero attached hydrogens (tertiary/aromatic N) is 1. The normalized spacial score (nSPS) is 25.2. The highest BCUT2D eigenvalue weighted by molar-refractivity contribution is 5.76. The van der Waals surface area contributed by atoms with Gasteiger partial charge in [-0.2, -0.15) is 0 Å². The van der Waals surface area contributed by atoms with E-state index in [2.05, 4.69) is 10.2 Å². The van der Waals surface area contributed by atoms with Gasteiger partial charge in [0.15, 0.2) is 0 Å². The van der Waals surface area contributed by atoms with Gasteiger partial charge in [-0.25, -0.2) is 4.79 Å². The quantitative estimate of drug-likeness (QED) is 0.737. The number of carbonyl (C=O) groups excluding carboxylic acids is 2. The summed E-state index contributed by atoms with van der Waals surface area (Å²) in [4.78, 5) is 24.9. The lowest BCUT2D eigenvalue weighted by molar-refractivity contribution is -0.134. The molecule has 3 amide bonds. The van der Waals surface area contributed by atoms with Crippen LogP contribution in [0.3, 0.4) is 0 Å². The molecule has 5 heteroatoms. The molecule has 1 heterocycles. The number of fused-ring (bicyclic) bond motifs is 1. The smallest absolute Gasteiger partial charge is 0.312 e. The van der Waals surface area contributed by atoms with E-state index in [0.29, 0.717) is 18.9 Å². The molecule has 1 saturated carbocycles. The van der Waals surface area contributed by atoms with Crippen LogP contribution < -0.4 is 11.1 Å². The zero-order valence-electron chi connectivity index (χ0n) is 13.0. The maximum absolute atomic E-state index is 12.2. The monoisotopic (exact) mass is 295 g/mol. The first-order valence-corrected chi connectivity index (χ1v) is 8.48. The van der Waals surface area contributed by atoms with Crippen LogP contribution in [0.4, 0.5) is 4.79 Å². The maximum atomic E-state index is 12.2. The molecule has 0 aromatic rings. The molecule has 3 N–H and O–H groups in total. The minimum Gasteiger partial charge on any atom is -0.352 e. The third-order valence-corrected chi connectivity index (χ3v) is 5.01. The van der Waals surface area contributed by atoms with E-state index < -0.39 is 6.03 Å². The van der Waals surface area contributed by atoms with Crippen molar-refractivity contribution in [2.75, 3.05) is 19.6 Å². The summed E-state index contributed by atoms with van der Waals surface area (Å²) in [7, 11) is 0. The topological polar surface area (TPSA) is 75.4 Å². The van der Waals surface area contributed by atoms with E-state index >= 15 is 0 Å². The van der Waals surface area contributed by atoms with E-state index in [-0.39, 0.29) is 0 Å². The summed E-state index contributed by atoms with van der Waals surface area (Å²) >= 11 is 0. The van der Waals surface area contributed by atoms with Crippen LogP contribution in [0.1, 0.15) is 57.8 Å². The second kappa shape index (κ2) is 8.25. The molecule has 1 aliphatic carbocycles. The van der Waals surface area contributed by atoms with Crippen molar-refractivity contribution in [2.45, 2.75) is 57.8 Å². The van der Waals surface area contributed by atoms with Crippen LogP contribution in [0.15, 0.2) is 0 Å². The van der Waals surface area contributed by atoms with Gasteiger partial charge < -0.3 is 16.0 Å². The van der Waals surface area contributed by atoms with Crippen LogP contribution in [0, 0.1) is 11.8 Å².